The molecule has 0 heterocycles. The summed E-state index contributed by atoms with van der Waals surface area (Å²) in [6.45, 7) is 0.788. The van der Waals surface area contributed by atoms with E-state index in [1.165, 1.54) is 0 Å². The van der Waals surface area contributed by atoms with Gasteiger partial charge < -0.3 is 21.0 Å². The Kier molecular flexibility index (Phi) is 9.89. The first kappa shape index (κ1) is 16.6. The van der Waals surface area contributed by atoms with Crippen LogP contribution in [0.1, 0.15) is 32.1 Å². The lowest BCUT2D eigenvalue weighted by molar-refractivity contribution is -0.757. The summed E-state index contributed by atoms with van der Waals surface area (Å²) < 4.78 is 4.92. The van der Waals surface area contributed by atoms with E-state index >= 15 is 0 Å². The Morgan fingerprint density at radius 2 is 1.89 bits per heavy atom. The molecule has 0 aliphatic heterocycles. The normalized spacial score (nSPS) is 11.9. The van der Waals surface area contributed by atoms with Crippen molar-refractivity contribution in [2.24, 2.45) is 11.5 Å². The van der Waals surface area contributed by atoms with Gasteiger partial charge in [-0.15, -0.1) is 10.1 Å². The van der Waals surface area contributed by atoms with E-state index in [-0.39, 0.29) is 13.2 Å². The van der Waals surface area contributed by atoms with Crippen LogP contribution in [-0.2, 0) is 14.4 Å². The predicted octanol–water partition coefficient (Wildman–Crippen LogP) is -0.0256. The highest BCUT2D eigenvalue weighted by atomic mass is 16.9. The Morgan fingerprint density at radius 1 is 1.22 bits per heavy atom. The van der Waals surface area contributed by atoms with Crippen LogP contribution in [0.25, 0.3) is 0 Å². The number of hydrogen-bond donors (Lipinski definition) is 2. The molecule has 0 amide bonds. The van der Waals surface area contributed by atoms with Gasteiger partial charge >= 0.3 is 5.97 Å². The minimum Gasteiger partial charge on any atom is -0.465 e. The fourth-order valence-corrected chi connectivity index (χ4v) is 1.25. The number of esters is 1. The first-order valence-corrected chi connectivity index (χ1v) is 5.97. The van der Waals surface area contributed by atoms with Crippen molar-refractivity contribution in [2.75, 3.05) is 19.8 Å². The molecule has 0 bridgehead atoms. The van der Waals surface area contributed by atoms with Crippen LogP contribution in [0.5, 0.6) is 0 Å². The maximum atomic E-state index is 11.4. The maximum Gasteiger partial charge on any atom is 0.322 e. The van der Waals surface area contributed by atoms with Crippen molar-refractivity contribution in [1.82, 2.24) is 0 Å². The molecule has 18 heavy (non-hydrogen) atoms. The minimum absolute atomic E-state index is 0.00705. The van der Waals surface area contributed by atoms with E-state index in [0.717, 1.165) is 12.8 Å². The molecule has 106 valence electrons. The van der Waals surface area contributed by atoms with Gasteiger partial charge in [0.05, 0.1) is 13.2 Å². The fourth-order valence-electron chi connectivity index (χ4n) is 1.25. The molecule has 0 aromatic rings. The third kappa shape index (κ3) is 9.79. The summed E-state index contributed by atoms with van der Waals surface area (Å²) in [5.74, 6) is -0.442. The number of nitrogens with two attached hydrogens (primary N) is 2. The van der Waals surface area contributed by atoms with Gasteiger partial charge in [-0.1, -0.05) is 6.42 Å². The summed E-state index contributed by atoms with van der Waals surface area (Å²) in [4.78, 5) is 25.3. The van der Waals surface area contributed by atoms with Gasteiger partial charge in [-0.25, -0.2) is 0 Å². The van der Waals surface area contributed by atoms with Crippen molar-refractivity contribution in [3.63, 3.8) is 0 Å². The predicted molar refractivity (Wildman–Crippen MR) is 64.0 cm³/mol. The van der Waals surface area contributed by atoms with E-state index in [2.05, 4.69) is 4.84 Å². The van der Waals surface area contributed by atoms with E-state index < -0.39 is 17.1 Å². The molecule has 0 radical (unpaired) electrons. The first-order valence-electron chi connectivity index (χ1n) is 5.97. The molecule has 8 heteroatoms. The number of hydrogen-bond acceptors (Lipinski definition) is 7. The SMILES string of the molecule is NCCCCC(N)C(=O)OCCCCO[N+](=O)[O-]. The summed E-state index contributed by atoms with van der Waals surface area (Å²) in [6.07, 6.45) is 3.15. The Morgan fingerprint density at radius 3 is 2.50 bits per heavy atom. The zero-order valence-electron chi connectivity index (χ0n) is 10.4. The standard InChI is InChI=1S/C10H21N3O5/c11-6-2-1-5-9(12)10(14)17-7-3-4-8-18-13(15)16/h9H,1-8,11-12H2. The topological polar surface area (TPSA) is 131 Å². The number of rotatable bonds is 11. The zero-order valence-corrected chi connectivity index (χ0v) is 10.4. The Hall–Kier alpha value is -1.41. The number of unbranched alkanes of at least 4 members (excludes halogenated alkanes) is 2. The lowest BCUT2D eigenvalue weighted by Gasteiger charge is -2.10. The van der Waals surface area contributed by atoms with Gasteiger partial charge in [0.25, 0.3) is 5.09 Å². The molecule has 0 rings (SSSR count). The van der Waals surface area contributed by atoms with Crippen LogP contribution in [0.3, 0.4) is 0 Å². The second-order valence-corrected chi connectivity index (χ2v) is 3.82. The number of nitrogens with zero attached hydrogens (tertiary/aromatic N) is 1. The zero-order chi connectivity index (χ0) is 13.8. The average molecular weight is 263 g/mol. The molecule has 0 aliphatic carbocycles. The Labute approximate surface area is 106 Å². The molecule has 0 saturated heterocycles. The highest BCUT2D eigenvalue weighted by Crippen LogP contribution is 2.01. The minimum atomic E-state index is -0.848. The molecule has 0 aromatic heterocycles. The summed E-state index contributed by atoms with van der Waals surface area (Å²) in [5.41, 5.74) is 10.9. The van der Waals surface area contributed by atoms with Gasteiger partial charge in [0, 0.05) is 0 Å². The smallest absolute Gasteiger partial charge is 0.322 e. The molecule has 1 atom stereocenters. The maximum absolute atomic E-state index is 11.4. The highest BCUT2D eigenvalue weighted by Gasteiger charge is 2.13. The van der Waals surface area contributed by atoms with Crippen molar-refractivity contribution >= 4 is 5.97 Å². The molecule has 0 aliphatic rings. The fraction of sp³-hybridized carbons (Fsp3) is 0.900. The molecule has 0 spiro atoms. The average Bonchev–Trinajstić information content (AvgIpc) is 2.33. The largest absolute Gasteiger partial charge is 0.465 e. The van der Waals surface area contributed by atoms with E-state index in [1.807, 2.05) is 0 Å². The molecule has 0 saturated carbocycles. The molecule has 8 nitrogen and oxygen atoms in total. The number of carbonyl (C=O) groups excluding carboxylic acids is 1. The van der Waals surface area contributed by atoms with Crippen LogP contribution in [-0.4, -0.2) is 36.9 Å². The van der Waals surface area contributed by atoms with Gasteiger partial charge in [0.2, 0.25) is 0 Å². The van der Waals surface area contributed by atoms with Crippen molar-refractivity contribution in [3.8, 4) is 0 Å². The summed E-state index contributed by atoms with van der Waals surface area (Å²) in [5, 5.41) is 8.98. The molecule has 0 fully saturated rings. The van der Waals surface area contributed by atoms with Gasteiger partial charge in [-0.2, -0.15) is 0 Å². The summed E-state index contributed by atoms with van der Waals surface area (Å²) >= 11 is 0. The Bertz CT molecular complexity index is 250. The van der Waals surface area contributed by atoms with Crippen molar-refractivity contribution in [3.05, 3.63) is 10.1 Å². The van der Waals surface area contributed by atoms with E-state index in [1.54, 1.807) is 0 Å². The van der Waals surface area contributed by atoms with Crippen LogP contribution < -0.4 is 11.5 Å². The first-order chi connectivity index (χ1) is 8.57. The third-order valence-electron chi connectivity index (χ3n) is 2.25. The molecular formula is C10H21N3O5. The van der Waals surface area contributed by atoms with E-state index in [4.69, 9.17) is 16.2 Å². The third-order valence-corrected chi connectivity index (χ3v) is 2.25. The monoisotopic (exact) mass is 263 g/mol. The number of carbonyl (C=O) groups is 1. The van der Waals surface area contributed by atoms with Crippen LogP contribution in [0.15, 0.2) is 0 Å². The van der Waals surface area contributed by atoms with Crippen molar-refractivity contribution in [2.45, 2.75) is 38.1 Å². The van der Waals surface area contributed by atoms with Crippen LogP contribution in [0.4, 0.5) is 0 Å². The quantitative estimate of drug-likeness (QED) is 0.231. The van der Waals surface area contributed by atoms with Gasteiger partial charge in [0.15, 0.2) is 0 Å². The Balaban J connectivity index is 3.43. The summed E-state index contributed by atoms with van der Waals surface area (Å²) in [7, 11) is 0. The second-order valence-electron chi connectivity index (χ2n) is 3.82. The molecule has 1 unspecified atom stereocenters. The molecule has 4 N–H and O–H groups in total. The second kappa shape index (κ2) is 10.7. The molecule has 0 aromatic carbocycles. The van der Waals surface area contributed by atoms with Crippen LogP contribution in [0.2, 0.25) is 0 Å². The van der Waals surface area contributed by atoms with Gasteiger partial charge in [0.1, 0.15) is 6.04 Å². The van der Waals surface area contributed by atoms with Gasteiger partial charge in [-0.05, 0) is 32.2 Å². The van der Waals surface area contributed by atoms with Crippen LogP contribution >= 0.6 is 0 Å². The highest BCUT2D eigenvalue weighted by molar-refractivity contribution is 5.75. The number of ether oxygens (including phenoxy) is 1. The lowest BCUT2D eigenvalue weighted by atomic mass is 10.1. The molecular weight excluding hydrogens is 242 g/mol. The van der Waals surface area contributed by atoms with Crippen LogP contribution in [0, 0.1) is 10.1 Å². The van der Waals surface area contributed by atoms with Crippen molar-refractivity contribution in [1.29, 1.82) is 0 Å². The van der Waals surface area contributed by atoms with E-state index in [9.17, 15) is 14.9 Å². The van der Waals surface area contributed by atoms with E-state index in [0.29, 0.717) is 25.8 Å². The van der Waals surface area contributed by atoms with Crippen molar-refractivity contribution < 1.29 is 19.5 Å². The lowest BCUT2D eigenvalue weighted by Crippen LogP contribution is -2.32. The van der Waals surface area contributed by atoms with Gasteiger partial charge in [-0.3, -0.25) is 4.79 Å². The summed E-state index contributed by atoms with van der Waals surface area (Å²) in [6, 6.07) is -0.619.